The van der Waals surface area contributed by atoms with Gasteiger partial charge in [-0.15, -0.1) is 0 Å². The number of hydrogen-bond donors (Lipinski definition) is 3. The first-order valence-electron chi connectivity index (χ1n) is 11.8. The van der Waals surface area contributed by atoms with E-state index in [0.29, 0.717) is 23.7 Å². The predicted octanol–water partition coefficient (Wildman–Crippen LogP) is 4.30. The Morgan fingerprint density at radius 2 is 1.67 bits per heavy atom. The molecule has 0 bridgehead atoms. The van der Waals surface area contributed by atoms with Gasteiger partial charge in [-0.2, -0.15) is 4.37 Å². The summed E-state index contributed by atoms with van der Waals surface area (Å²) in [6, 6.07) is 12.2. The standard InChI is InChI=1S/C27H33N5O3S/c1-15(2)12-13-30-26(34)23(19-10-7-16(3)8-11-19)32(20-14-17(4)6-9-18(20)5)27(35)24-21(28)22(25(29)33)31-36-24/h6-11,14-15,23H,12-13,28H2,1-5H3,(H2,29,33)(H,30,34)/t23-/m0/s1. The molecule has 0 radical (unpaired) electrons. The highest BCUT2D eigenvalue weighted by molar-refractivity contribution is 7.09. The van der Waals surface area contributed by atoms with Crippen molar-refractivity contribution in [2.24, 2.45) is 11.7 Å². The maximum absolute atomic E-state index is 14.1. The number of carbonyl (C=O) groups excluding carboxylic acids is 3. The van der Waals surface area contributed by atoms with Crippen molar-refractivity contribution in [2.75, 3.05) is 17.2 Å². The third-order valence-electron chi connectivity index (χ3n) is 5.92. The van der Waals surface area contributed by atoms with E-state index in [1.807, 2.05) is 63.2 Å². The van der Waals surface area contributed by atoms with Gasteiger partial charge in [-0.3, -0.25) is 19.3 Å². The number of amides is 3. The minimum Gasteiger partial charge on any atom is -0.395 e. The zero-order valence-corrected chi connectivity index (χ0v) is 22.1. The molecule has 1 aromatic heterocycles. The molecule has 1 atom stereocenters. The molecule has 0 aliphatic heterocycles. The molecule has 5 N–H and O–H groups in total. The number of aryl methyl sites for hydroxylation is 3. The number of carbonyl (C=O) groups is 3. The highest BCUT2D eigenvalue weighted by atomic mass is 32.1. The van der Waals surface area contributed by atoms with Gasteiger partial charge in [-0.05, 0) is 67.4 Å². The Bertz CT molecular complexity index is 1270. The quantitative estimate of drug-likeness (QED) is 0.397. The predicted molar refractivity (Wildman–Crippen MR) is 144 cm³/mol. The number of hydrogen-bond acceptors (Lipinski definition) is 6. The van der Waals surface area contributed by atoms with Crippen LogP contribution in [0.2, 0.25) is 0 Å². The van der Waals surface area contributed by atoms with Crippen LogP contribution < -0.4 is 21.7 Å². The number of nitrogens with two attached hydrogens (primary N) is 2. The minimum absolute atomic E-state index is 0.0526. The molecule has 2 aromatic carbocycles. The summed E-state index contributed by atoms with van der Waals surface area (Å²) in [5.41, 5.74) is 15.3. The second kappa shape index (κ2) is 11.3. The van der Waals surface area contributed by atoms with Gasteiger partial charge in [0.25, 0.3) is 11.8 Å². The first-order chi connectivity index (χ1) is 17.0. The third kappa shape index (κ3) is 5.91. The normalized spacial score (nSPS) is 11.8. The Hall–Kier alpha value is -3.72. The molecular formula is C27H33N5O3S. The summed E-state index contributed by atoms with van der Waals surface area (Å²) in [4.78, 5) is 41.1. The Morgan fingerprint density at radius 3 is 2.25 bits per heavy atom. The van der Waals surface area contributed by atoms with Crippen LogP contribution in [0.25, 0.3) is 0 Å². The van der Waals surface area contributed by atoms with Gasteiger partial charge in [0.1, 0.15) is 10.9 Å². The lowest BCUT2D eigenvalue weighted by Gasteiger charge is -2.32. The van der Waals surface area contributed by atoms with E-state index in [2.05, 4.69) is 23.5 Å². The van der Waals surface area contributed by atoms with Crippen LogP contribution in [0.15, 0.2) is 42.5 Å². The van der Waals surface area contributed by atoms with Crippen LogP contribution >= 0.6 is 11.5 Å². The number of anilines is 2. The van der Waals surface area contributed by atoms with Crippen LogP contribution in [0.1, 0.15) is 68.7 Å². The van der Waals surface area contributed by atoms with E-state index >= 15 is 0 Å². The zero-order valence-electron chi connectivity index (χ0n) is 21.3. The Morgan fingerprint density at radius 1 is 1.03 bits per heavy atom. The third-order valence-corrected chi connectivity index (χ3v) is 6.77. The maximum atomic E-state index is 14.1. The van der Waals surface area contributed by atoms with Gasteiger partial charge in [0, 0.05) is 12.2 Å². The van der Waals surface area contributed by atoms with E-state index < -0.39 is 17.9 Å². The number of benzene rings is 2. The van der Waals surface area contributed by atoms with E-state index in [-0.39, 0.29) is 22.2 Å². The molecule has 0 saturated carbocycles. The summed E-state index contributed by atoms with van der Waals surface area (Å²) in [6.45, 7) is 10.4. The molecule has 190 valence electrons. The highest BCUT2D eigenvalue weighted by Gasteiger charge is 2.36. The van der Waals surface area contributed by atoms with Gasteiger partial charge in [-0.25, -0.2) is 0 Å². The lowest BCUT2D eigenvalue weighted by molar-refractivity contribution is -0.122. The van der Waals surface area contributed by atoms with Crippen molar-refractivity contribution in [1.82, 2.24) is 9.69 Å². The van der Waals surface area contributed by atoms with Gasteiger partial charge in [0.05, 0.1) is 5.69 Å². The smallest absolute Gasteiger partial charge is 0.273 e. The van der Waals surface area contributed by atoms with E-state index in [4.69, 9.17) is 11.5 Å². The summed E-state index contributed by atoms with van der Waals surface area (Å²) >= 11 is 0.795. The van der Waals surface area contributed by atoms with Crippen LogP contribution in [0.4, 0.5) is 11.4 Å². The molecule has 1 heterocycles. The first kappa shape index (κ1) is 26.9. The molecule has 3 amide bonds. The van der Waals surface area contributed by atoms with E-state index in [0.717, 1.165) is 34.6 Å². The summed E-state index contributed by atoms with van der Waals surface area (Å²) in [7, 11) is 0. The molecular weight excluding hydrogens is 474 g/mol. The molecule has 0 aliphatic rings. The second-order valence-corrected chi connectivity index (χ2v) is 10.2. The Balaban J connectivity index is 2.21. The average molecular weight is 508 g/mol. The topological polar surface area (TPSA) is 131 Å². The zero-order chi connectivity index (χ0) is 26.6. The van der Waals surface area contributed by atoms with Crippen molar-refractivity contribution >= 4 is 40.6 Å². The molecule has 8 nitrogen and oxygen atoms in total. The molecule has 9 heteroatoms. The summed E-state index contributed by atoms with van der Waals surface area (Å²) < 4.78 is 4.00. The maximum Gasteiger partial charge on any atom is 0.273 e. The lowest BCUT2D eigenvalue weighted by Crippen LogP contribution is -2.44. The summed E-state index contributed by atoms with van der Waals surface area (Å²) in [5.74, 6) is -1.26. The van der Waals surface area contributed by atoms with Gasteiger partial charge in [0.15, 0.2) is 5.69 Å². The number of nitrogens with zero attached hydrogens (tertiary/aromatic N) is 2. The van der Waals surface area contributed by atoms with Crippen molar-refractivity contribution < 1.29 is 14.4 Å². The van der Waals surface area contributed by atoms with Crippen LogP contribution in [-0.2, 0) is 4.79 Å². The van der Waals surface area contributed by atoms with Crippen molar-refractivity contribution in [2.45, 2.75) is 47.1 Å². The molecule has 3 rings (SSSR count). The fourth-order valence-corrected chi connectivity index (χ4v) is 4.57. The molecule has 0 saturated heterocycles. The van der Waals surface area contributed by atoms with Gasteiger partial charge < -0.3 is 16.8 Å². The SMILES string of the molecule is Cc1ccc([C@@H](C(=O)NCCC(C)C)N(C(=O)c2snc(C(N)=O)c2N)c2cc(C)ccc2C)cc1. The lowest BCUT2D eigenvalue weighted by atomic mass is 9.99. The van der Waals surface area contributed by atoms with Crippen molar-refractivity contribution in [3.05, 3.63) is 75.3 Å². The number of nitrogen functional groups attached to an aromatic ring is 1. The largest absolute Gasteiger partial charge is 0.395 e. The van der Waals surface area contributed by atoms with Crippen LogP contribution in [0.3, 0.4) is 0 Å². The van der Waals surface area contributed by atoms with Gasteiger partial charge in [-0.1, -0.05) is 55.8 Å². The fourth-order valence-electron chi connectivity index (χ4n) is 3.83. The van der Waals surface area contributed by atoms with Gasteiger partial charge in [0.2, 0.25) is 5.91 Å². The average Bonchev–Trinajstić information content (AvgIpc) is 3.21. The molecule has 0 spiro atoms. The molecule has 0 aliphatic carbocycles. The summed E-state index contributed by atoms with van der Waals surface area (Å²) in [6.07, 6.45) is 0.799. The fraction of sp³-hybridized carbons (Fsp3) is 0.333. The van der Waals surface area contributed by atoms with Crippen molar-refractivity contribution in [1.29, 1.82) is 0 Å². The first-order valence-corrected chi connectivity index (χ1v) is 12.6. The van der Waals surface area contributed by atoms with Crippen LogP contribution in [-0.4, -0.2) is 28.6 Å². The monoisotopic (exact) mass is 507 g/mol. The van der Waals surface area contributed by atoms with Crippen LogP contribution in [0.5, 0.6) is 0 Å². The number of aromatic nitrogens is 1. The molecule has 36 heavy (non-hydrogen) atoms. The van der Waals surface area contributed by atoms with E-state index in [9.17, 15) is 14.4 Å². The van der Waals surface area contributed by atoms with E-state index in [1.54, 1.807) is 0 Å². The molecule has 0 fully saturated rings. The number of rotatable bonds is 9. The molecule has 0 unspecified atom stereocenters. The second-order valence-electron chi connectivity index (χ2n) is 9.39. The van der Waals surface area contributed by atoms with Crippen molar-refractivity contribution in [3.8, 4) is 0 Å². The van der Waals surface area contributed by atoms with Crippen molar-refractivity contribution in [3.63, 3.8) is 0 Å². The van der Waals surface area contributed by atoms with Crippen LogP contribution in [0, 0.1) is 26.7 Å². The Kier molecular flexibility index (Phi) is 8.47. The Labute approximate surface area is 215 Å². The number of primary amides is 1. The summed E-state index contributed by atoms with van der Waals surface area (Å²) in [5, 5.41) is 3.01. The highest BCUT2D eigenvalue weighted by Crippen LogP contribution is 2.35. The number of nitrogens with one attached hydrogen (secondary N) is 1. The van der Waals surface area contributed by atoms with E-state index in [1.165, 1.54) is 4.90 Å². The van der Waals surface area contributed by atoms with Gasteiger partial charge >= 0.3 is 0 Å². The minimum atomic E-state index is -0.982. The molecule has 3 aromatic rings.